The van der Waals surface area contributed by atoms with Gasteiger partial charge in [0.2, 0.25) is 0 Å². The Morgan fingerprint density at radius 2 is 1.45 bits per heavy atom. The third-order valence-corrected chi connectivity index (χ3v) is 3.41. The molecule has 0 aromatic heterocycles. The van der Waals surface area contributed by atoms with Crippen molar-refractivity contribution in [2.24, 2.45) is 0 Å². The van der Waals surface area contributed by atoms with Crippen molar-refractivity contribution in [3.63, 3.8) is 0 Å². The fraction of sp³-hybridized carbons (Fsp3) is 0.100. The van der Waals surface area contributed by atoms with Crippen LogP contribution in [-0.4, -0.2) is 17.8 Å². The van der Waals surface area contributed by atoms with Crippen LogP contribution in [0.4, 0.5) is 11.4 Å². The van der Waals surface area contributed by atoms with Crippen LogP contribution in [0.15, 0.2) is 97.6 Å². The van der Waals surface area contributed by atoms with Crippen molar-refractivity contribution in [3.05, 3.63) is 97.6 Å². The molecule has 0 amide bonds. The van der Waals surface area contributed by atoms with Crippen LogP contribution in [0.2, 0.25) is 0 Å². The highest BCUT2D eigenvalue weighted by Gasteiger charge is 2.14. The second-order valence-corrected chi connectivity index (χ2v) is 4.92. The molecule has 2 aromatic carbocycles. The molecule has 0 heterocycles. The standard InChI is InChI=1S/C20H21NO/c1-3-11-17(20(22)4-2)16-21(18-12-7-5-8-13-18)19-14-9-6-10-15-19/h3-15,20,22H,1-2,16H2/b17-11+. The van der Waals surface area contributed by atoms with Crippen molar-refractivity contribution in [1.29, 1.82) is 0 Å². The molecule has 0 bridgehead atoms. The van der Waals surface area contributed by atoms with Crippen molar-refractivity contribution < 1.29 is 5.11 Å². The molecule has 0 radical (unpaired) electrons. The van der Waals surface area contributed by atoms with E-state index in [1.807, 2.05) is 42.5 Å². The fourth-order valence-corrected chi connectivity index (χ4v) is 2.28. The van der Waals surface area contributed by atoms with E-state index >= 15 is 0 Å². The lowest BCUT2D eigenvalue weighted by Crippen LogP contribution is -2.24. The van der Waals surface area contributed by atoms with Crippen LogP contribution in [0, 0.1) is 0 Å². The Labute approximate surface area is 132 Å². The van der Waals surface area contributed by atoms with E-state index in [0.29, 0.717) is 6.54 Å². The number of para-hydroxylation sites is 2. The summed E-state index contributed by atoms with van der Waals surface area (Å²) < 4.78 is 0. The molecule has 2 nitrogen and oxygen atoms in total. The number of allylic oxidation sites excluding steroid dienone is 2. The topological polar surface area (TPSA) is 23.5 Å². The molecule has 22 heavy (non-hydrogen) atoms. The molecule has 2 aromatic rings. The van der Waals surface area contributed by atoms with Gasteiger partial charge >= 0.3 is 0 Å². The van der Waals surface area contributed by atoms with Gasteiger partial charge in [-0.15, -0.1) is 6.58 Å². The SMILES string of the molecule is C=C/C=C(\CN(c1ccccc1)c1ccccc1)C(O)C=C. The Hall–Kier alpha value is -2.58. The maximum atomic E-state index is 10.1. The van der Waals surface area contributed by atoms with Gasteiger partial charge in [0.15, 0.2) is 0 Å². The molecule has 2 rings (SSSR count). The molecule has 1 unspecified atom stereocenters. The van der Waals surface area contributed by atoms with Crippen molar-refractivity contribution in [2.45, 2.75) is 6.10 Å². The van der Waals surface area contributed by atoms with E-state index in [0.717, 1.165) is 16.9 Å². The lowest BCUT2D eigenvalue weighted by Gasteiger charge is -2.27. The summed E-state index contributed by atoms with van der Waals surface area (Å²) in [4.78, 5) is 2.15. The molecule has 0 saturated carbocycles. The Kier molecular flexibility index (Phi) is 5.75. The molecular weight excluding hydrogens is 270 g/mol. The minimum absolute atomic E-state index is 0.563. The highest BCUT2D eigenvalue weighted by molar-refractivity contribution is 5.64. The summed E-state index contributed by atoms with van der Waals surface area (Å²) >= 11 is 0. The molecule has 2 heteroatoms. The zero-order valence-electron chi connectivity index (χ0n) is 12.6. The average Bonchev–Trinajstić information content (AvgIpc) is 2.59. The zero-order valence-corrected chi connectivity index (χ0v) is 12.6. The van der Waals surface area contributed by atoms with Crippen LogP contribution in [-0.2, 0) is 0 Å². The first-order valence-electron chi connectivity index (χ1n) is 7.26. The molecule has 0 saturated heterocycles. The molecule has 0 fully saturated rings. The van der Waals surface area contributed by atoms with Gasteiger partial charge in [-0.3, -0.25) is 0 Å². The Bertz CT molecular complexity index is 592. The summed E-state index contributed by atoms with van der Waals surface area (Å²) in [5.74, 6) is 0. The summed E-state index contributed by atoms with van der Waals surface area (Å²) in [7, 11) is 0. The minimum Gasteiger partial charge on any atom is -0.385 e. The Morgan fingerprint density at radius 1 is 0.955 bits per heavy atom. The predicted molar refractivity (Wildman–Crippen MR) is 94.4 cm³/mol. The summed E-state index contributed by atoms with van der Waals surface area (Å²) in [6.45, 7) is 7.97. The largest absolute Gasteiger partial charge is 0.385 e. The second-order valence-electron chi connectivity index (χ2n) is 4.92. The van der Waals surface area contributed by atoms with Crippen molar-refractivity contribution >= 4 is 11.4 Å². The highest BCUT2D eigenvalue weighted by atomic mass is 16.3. The van der Waals surface area contributed by atoms with E-state index in [1.54, 1.807) is 6.08 Å². The highest BCUT2D eigenvalue weighted by Crippen LogP contribution is 2.26. The first-order chi connectivity index (χ1) is 10.8. The third kappa shape index (κ3) is 3.96. The maximum Gasteiger partial charge on any atom is 0.0949 e. The number of aliphatic hydroxyl groups is 1. The van der Waals surface area contributed by atoms with Gasteiger partial charge in [0, 0.05) is 17.9 Å². The summed E-state index contributed by atoms with van der Waals surface area (Å²) in [5, 5.41) is 10.1. The van der Waals surface area contributed by atoms with Crippen LogP contribution >= 0.6 is 0 Å². The van der Waals surface area contributed by atoms with Crippen LogP contribution in [0.1, 0.15) is 0 Å². The number of hydrogen-bond acceptors (Lipinski definition) is 2. The van der Waals surface area contributed by atoms with Gasteiger partial charge in [-0.25, -0.2) is 0 Å². The smallest absolute Gasteiger partial charge is 0.0949 e. The molecule has 0 aliphatic rings. The predicted octanol–water partition coefficient (Wildman–Crippen LogP) is 4.48. The molecule has 0 aliphatic heterocycles. The van der Waals surface area contributed by atoms with Crippen molar-refractivity contribution in [3.8, 4) is 0 Å². The molecule has 112 valence electrons. The van der Waals surface area contributed by atoms with Gasteiger partial charge in [0.1, 0.15) is 0 Å². The monoisotopic (exact) mass is 291 g/mol. The van der Waals surface area contributed by atoms with Gasteiger partial charge in [-0.2, -0.15) is 0 Å². The summed E-state index contributed by atoms with van der Waals surface area (Å²) in [5.41, 5.74) is 2.98. The van der Waals surface area contributed by atoms with Crippen LogP contribution in [0.5, 0.6) is 0 Å². The third-order valence-electron chi connectivity index (χ3n) is 3.41. The van der Waals surface area contributed by atoms with Crippen LogP contribution in [0.3, 0.4) is 0 Å². The van der Waals surface area contributed by atoms with Crippen molar-refractivity contribution in [1.82, 2.24) is 0 Å². The lowest BCUT2D eigenvalue weighted by molar-refractivity contribution is 0.258. The Morgan fingerprint density at radius 3 is 1.86 bits per heavy atom. The second kappa shape index (κ2) is 8.01. The van der Waals surface area contributed by atoms with E-state index in [2.05, 4.69) is 42.3 Å². The molecule has 1 N–H and O–H groups in total. The van der Waals surface area contributed by atoms with Crippen molar-refractivity contribution in [2.75, 3.05) is 11.4 Å². The van der Waals surface area contributed by atoms with Gasteiger partial charge in [0.25, 0.3) is 0 Å². The molecule has 1 atom stereocenters. The van der Waals surface area contributed by atoms with Gasteiger partial charge in [0.05, 0.1) is 6.10 Å². The van der Waals surface area contributed by atoms with E-state index in [9.17, 15) is 5.11 Å². The maximum absolute atomic E-state index is 10.1. The average molecular weight is 291 g/mol. The van der Waals surface area contributed by atoms with E-state index in [-0.39, 0.29) is 0 Å². The van der Waals surface area contributed by atoms with E-state index < -0.39 is 6.10 Å². The number of benzene rings is 2. The number of hydrogen-bond donors (Lipinski definition) is 1. The van der Waals surface area contributed by atoms with Gasteiger partial charge in [-0.05, 0) is 29.8 Å². The number of rotatable bonds is 7. The Balaban J connectivity index is 2.39. The lowest BCUT2D eigenvalue weighted by atomic mass is 10.1. The number of anilines is 2. The summed E-state index contributed by atoms with van der Waals surface area (Å²) in [6.07, 6.45) is 4.37. The minimum atomic E-state index is -0.687. The number of aliphatic hydroxyl groups excluding tert-OH is 1. The summed E-state index contributed by atoms with van der Waals surface area (Å²) in [6, 6.07) is 20.2. The van der Waals surface area contributed by atoms with Crippen LogP contribution < -0.4 is 4.90 Å². The van der Waals surface area contributed by atoms with E-state index in [4.69, 9.17) is 0 Å². The van der Waals surface area contributed by atoms with Gasteiger partial charge < -0.3 is 10.0 Å². The first-order valence-corrected chi connectivity index (χ1v) is 7.26. The first kappa shape index (κ1) is 15.8. The zero-order chi connectivity index (χ0) is 15.8. The van der Waals surface area contributed by atoms with Gasteiger partial charge in [-0.1, -0.05) is 61.2 Å². The fourth-order valence-electron chi connectivity index (χ4n) is 2.28. The molecule has 0 aliphatic carbocycles. The molecule has 0 spiro atoms. The molecular formula is C20H21NO. The van der Waals surface area contributed by atoms with Crippen LogP contribution in [0.25, 0.3) is 0 Å². The van der Waals surface area contributed by atoms with E-state index in [1.165, 1.54) is 6.08 Å². The normalized spacial score (nSPS) is 12.5. The number of nitrogens with zero attached hydrogens (tertiary/aromatic N) is 1. The quantitative estimate of drug-likeness (QED) is 0.600.